The Morgan fingerprint density at radius 1 is 1.50 bits per heavy atom. The summed E-state index contributed by atoms with van der Waals surface area (Å²) in [5, 5.41) is 0. The van der Waals surface area contributed by atoms with Crippen LogP contribution < -0.4 is 0 Å². The van der Waals surface area contributed by atoms with E-state index in [0.29, 0.717) is 18.1 Å². The number of carbonyl (C=O) groups excluding carboxylic acids is 1. The van der Waals surface area contributed by atoms with Crippen molar-refractivity contribution in [3.63, 3.8) is 0 Å². The van der Waals surface area contributed by atoms with E-state index in [9.17, 15) is 4.79 Å². The molecule has 5 heteroatoms. The van der Waals surface area contributed by atoms with Gasteiger partial charge in [-0.15, -0.1) is 0 Å². The highest BCUT2D eigenvalue weighted by atomic mass is 32.2. The van der Waals surface area contributed by atoms with Crippen molar-refractivity contribution in [2.75, 3.05) is 12.4 Å². The summed E-state index contributed by atoms with van der Waals surface area (Å²) in [4.78, 5) is 19.7. The maximum absolute atomic E-state index is 11.4. The minimum absolute atomic E-state index is 0.337. The molecule has 0 radical (unpaired) electrons. The summed E-state index contributed by atoms with van der Waals surface area (Å²) in [5.74, 6) is 2.12. The first-order valence-electron chi connectivity index (χ1n) is 5.34. The molecule has 1 aromatic heterocycles. The predicted molar refractivity (Wildman–Crippen MR) is 64.4 cm³/mol. The normalized spacial score (nSPS) is 10.1. The molecule has 0 aliphatic heterocycles. The second-order valence-corrected chi connectivity index (χ2v) is 4.24. The van der Waals surface area contributed by atoms with E-state index < -0.39 is 0 Å². The maximum Gasteiger partial charge on any atom is 0.357 e. The highest BCUT2D eigenvalue weighted by molar-refractivity contribution is 7.98. The van der Waals surface area contributed by atoms with Gasteiger partial charge in [0, 0.05) is 6.20 Å². The van der Waals surface area contributed by atoms with E-state index in [0.717, 1.165) is 17.9 Å². The molecule has 1 heterocycles. The largest absolute Gasteiger partial charge is 0.461 e. The van der Waals surface area contributed by atoms with Crippen LogP contribution in [0.3, 0.4) is 0 Å². The minimum atomic E-state index is -0.383. The summed E-state index contributed by atoms with van der Waals surface area (Å²) in [6, 6.07) is 1.58. The smallest absolute Gasteiger partial charge is 0.357 e. The van der Waals surface area contributed by atoms with Gasteiger partial charge in [0.05, 0.1) is 12.4 Å². The van der Waals surface area contributed by atoms with Crippen molar-refractivity contribution < 1.29 is 9.53 Å². The lowest BCUT2D eigenvalue weighted by Crippen LogP contribution is -2.09. The van der Waals surface area contributed by atoms with E-state index in [1.807, 2.05) is 0 Å². The number of ether oxygens (including phenoxy) is 1. The van der Waals surface area contributed by atoms with E-state index in [-0.39, 0.29) is 5.97 Å². The summed E-state index contributed by atoms with van der Waals surface area (Å²) in [6.45, 7) is 4.27. The van der Waals surface area contributed by atoms with Gasteiger partial charge in [-0.25, -0.2) is 14.8 Å². The second kappa shape index (κ2) is 7.22. The Morgan fingerprint density at radius 3 is 3.00 bits per heavy atom. The highest BCUT2D eigenvalue weighted by Crippen LogP contribution is 2.09. The van der Waals surface area contributed by atoms with Gasteiger partial charge in [0.25, 0.3) is 0 Å². The predicted octanol–water partition coefficient (Wildman–Crippen LogP) is 2.30. The third kappa shape index (κ3) is 4.18. The number of esters is 1. The Kier molecular flexibility index (Phi) is 5.85. The van der Waals surface area contributed by atoms with Gasteiger partial charge in [-0.2, -0.15) is 11.8 Å². The Hall–Kier alpha value is -1.10. The van der Waals surface area contributed by atoms with E-state index in [4.69, 9.17) is 4.74 Å². The summed E-state index contributed by atoms with van der Waals surface area (Å²) >= 11 is 1.76. The lowest BCUT2D eigenvalue weighted by atomic mass is 10.4. The van der Waals surface area contributed by atoms with Gasteiger partial charge in [0.1, 0.15) is 5.82 Å². The number of nitrogens with zero attached hydrogens (tertiary/aromatic N) is 2. The fourth-order valence-corrected chi connectivity index (χ4v) is 1.85. The second-order valence-electron chi connectivity index (χ2n) is 3.13. The molecule has 0 saturated heterocycles. The van der Waals surface area contributed by atoms with Gasteiger partial charge in [-0.3, -0.25) is 0 Å². The zero-order chi connectivity index (χ0) is 11.8. The fourth-order valence-electron chi connectivity index (χ4n) is 1.10. The number of rotatable bonds is 6. The van der Waals surface area contributed by atoms with Crippen LogP contribution in [0.4, 0.5) is 0 Å². The molecular weight excluding hydrogens is 224 g/mol. The molecule has 0 fully saturated rings. The zero-order valence-electron chi connectivity index (χ0n) is 9.60. The molecule has 16 heavy (non-hydrogen) atoms. The first kappa shape index (κ1) is 13.0. The minimum Gasteiger partial charge on any atom is -0.461 e. The number of aromatic nitrogens is 2. The van der Waals surface area contributed by atoms with Crippen LogP contribution in [0.25, 0.3) is 0 Å². The van der Waals surface area contributed by atoms with Crippen LogP contribution in [0, 0.1) is 0 Å². The van der Waals surface area contributed by atoms with Crippen molar-refractivity contribution in [1.82, 2.24) is 9.97 Å². The van der Waals surface area contributed by atoms with Crippen LogP contribution in [-0.2, 0) is 10.5 Å². The SMILES string of the molecule is CCCSCc1nccc(C(=O)OCC)n1. The average Bonchev–Trinajstić information content (AvgIpc) is 2.30. The van der Waals surface area contributed by atoms with Crippen molar-refractivity contribution >= 4 is 17.7 Å². The van der Waals surface area contributed by atoms with Crippen molar-refractivity contribution in [3.8, 4) is 0 Å². The molecule has 88 valence electrons. The highest BCUT2D eigenvalue weighted by Gasteiger charge is 2.08. The van der Waals surface area contributed by atoms with E-state index in [1.165, 1.54) is 0 Å². The van der Waals surface area contributed by atoms with Gasteiger partial charge in [-0.05, 0) is 25.2 Å². The van der Waals surface area contributed by atoms with E-state index in [2.05, 4.69) is 16.9 Å². The molecule has 0 aliphatic carbocycles. The van der Waals surface area contributed by atoms with Crippen LogP contribution in [0.5, 0.6) is 0 Å². The third-order valence-electron chi connectivity index (χ3n) is 1.77. The number of carbonyl (C=O) groups is 1. The van der Waals surface area contributed by atoms with Gasteiger partial charge >= 0.3 is 5.97 Å². The van der Waals surface area contributed by atoms with Gasteiger partial charge in [-0.1, -0.05) is 6.92 Å². The van der Waals surface area contributed by atoms with Crippen molar-refractivity contribution in [3.05, 3.63) is 23.8 Å². The van der Waals surface area contributed by atoms with Crippen molar-refractivity contribution in [1.29, 1.82) is 0 Å². The fraction of sp³-hybridized carbons (Fsp3) is 0.545. The number of hydrogen-bond donors (Lipinski definition) is 0. The molecule has 0 spiro atoms. The Morgan fingerprint density at radius 2 is 2.31 bits per heavy atom. The van der Waals surface area contributed by atoms with Gasteiger partial charge < -0.3 is 4.74 Å². The topological polar surface area (TPSA) is 52.1 Å². The number of thioether (sulfide) groups is 1. The first-order valence-corrected chi connectivity index (χ1v) is 6.50. The molecule has 4 nitrogen and oxygen atoms in total. The van der Waals surface area contributed by atoms with Gasteiger partial charge in [0.2, 0.25) is 0 Å². The lowest BCUT2D eigenvalue weighted by molar-refractivity contribution is 0.0519. The van der Waals surface area contributed by atoms with Gasteiger partial charge in [0.15, 0.2) is 5.69 Å². The Labute approximate surface area is 99.8 Å². The quantitative estimate of drug-likeness (QED) is 0.564. The molecule has 0 atom stereocenters. The van der Waals surface area contributed by atoms with Crippen LogP contribution >= 0.6 is 11.8 Å². The zero-order valence-corrected chi connectivity index (χ0v) is 10.4. The summed E-state index contributed by atoms with van der Waals surface area (Å²) in [7, 11) is 0. The van der Waals surface area contributed by atoms with Crippen molar-refractivity contribution in [2.24, 2.45) is 0 Å². The third-order valence-corrected chi connectivity index (χ3v) is 2.93. The van der Waals surface area contributed by atoms with Crippen LogP contribution in [0.2, 0.25) is 0 Å². The molecule has 0 amide bonds. The molecular formula is C11H16N2O2S. The molecule has 0 bridgehead atoms. The molecule has 0 aliphatic rings. The van der Waals surface area contributed by atoms with E-state index >= 15 is 0 Å². The average molecular weight is 240 g/mol. The summed E-state index contributed by atoms with van der Waals surface area (Å²) in [6.07, 6.45) is 2.73. The molecule has 0 unspecified atom stereocenters. The van der Waals surface area contributed by atoms with Crippen LogP contribution in [-0.4, -0.2) is 28.3 Å². The Bertz CT molecular complexity index is 345. The Balaban J connectivity index is 2.60. The standard InChI is InChI=1S/C11H16N2O2S/c1-3-7-16-8-10-12-6-5-9(13-10)11(14)15-4-2/h5-6H,3-4,7-8H2,1-2H3. The maximum atomic E-state index is 11.4. The van der Waals surface area contributed by atoms with E-state index in [1.54, 1.807) is 30.9 Å². The first-order chi connectivity index (χ1) is 7.77. The molecule has 0 saturated carbocycles. The lowest BCUT2D eigenvalue weighted by Gasteiger charge is -2.03. The van der Waals surface area contributed by atoms with Crippen LogP contribution in [0.1, 0.15) is 36.6 Å². The monoisotopic (exact) mass is 240 g/mol. The molecule has 1 aromatic rings. The summed E-state index contributed by atoms with van der Waals surface area (Å²) < 4.78 is 4.87. The van der Waals surface area contributed by atoms with Crippen LogP contribution in [0.15, 0.2) is 12.3 Å². The summed E-state index contributed by atoms with van der Waals surface area (Å²) in [5.41, 5.74) is 0.337. The molecule has 1 rings (SSSR count). The molecule has 0 N–H and O–H groups in total. The van der Waals surface area contributed by atoms with Crippen molar-refractivity contribution in [2.45, 2.75) is 26.0 Å². The molecule has 0 aromatic carbocycles. The number of hydrogen-bond acceptors (Lipinski definition) is 5.